The maximum atomic E-state index is 17.2. The molecule has 0 amide bonds. The Bertz CT molecular complexity index is 2110. The minimum Gasteiger partial charge on any atom is -0.508 e. The number of nitrogens with zero attached hydrogens (tertiary/aromatic N) is 5. The molecular weight excluding hydrogens is 660 g/mol. The van der Waals surface area contributed by atoms with E-state index in [1.807, 2.05) is 0 Å². The number of hydrogen-bond acceptors (Lipinski definition) is 8. The molecule has 1 aromatic heterocycles. The van der Waals surface area contributed by atoms with Crippen LogP contribution in [-0.2, 0) is 6.42 Å². The third kappa shape index (κ3) is 5.46. The van der Waals surface area contributed by atoms with Gasteiger partial charge in [0, 0.05) is 59.9 Å². The largest absolute Gasteiger partial charge is 0.508 e. The van der Waals surface area contributed by atoms with Gasteiger partial charge < -0.3 is 25.0 Å². The molecular formula is C39H40F4N6O2. The van der Waals surface area contributed by atoms with Gasteiger partial charge >= 0.3 is 6.01 Å². The predicted molar refractivity (Wildman–Crippen MR) is 185 cm³/mol. The third-order valence-electron chi connectivity index (χ3n) is 12.4. The first-order valence-electron chi connectivity index (χ1n) is 18.1. The number of likely N-dealkylation sites (tertiary alicyclic amines) is 1. The number of anilines is 1. The fourth-order valence-corrected chi connectivity index (χ4v) is 9.14. The molecule has 4 heterocycles. The normalized spacial score (nSPS) is 24.3. The van der Waals surface area contributed by atoms with Crippen LogP contribution in [0.25, 0.3) is 32.8 Å². The van der Waals surface area contributed by atoms with Crippen molar-refractivity contribution in [1.29, 1.82) is 5.26 Å². The van der Waals surface area contributed by atoms with E-state index in [9.17, 15) is 19.1 Å². The number of nitrogens with one attached hydrogen (secondary N) is 1. The van der Waals surface area contributed by atoms with Crippen LogP contribution in [0.3, 0.4) is 0 Å². The molecule has 2 unspecified atom stereocenters. The summed E-state index contributed by atoms with van der Waals surface area (Å²) in [5.74, 6) is -3.39. The summed E-state index contributed by atoms with van der Waals surface area (Å²) < 4.78 is 66.7. The molecule has 2 N–H and O–H groups in total. The number of nitriles is 1. The Labute approximate surface area is 293 Å². The molecule has 3 saturated heterocycles. The van der Waals surface area contributed by atoms with E-state index in [0.29, 0.717) is 79.6 Å². The first kappa shape index (κ1) is 32.7. The number of aromatic nitrogens is 2. The van der Waals surface area contributed by atoms with Gasteiger partial charge in [0.25, 0.3) is 5.92 Å². The lowest BCUT2D eigenvalue weighted by atomic mass is 9.89. The smallest absolute Gasteiger partial charge is 0.319 e. The highest BCUT2D eigenvalue weighted by Gasteiger charge is 2.70. The van der Waals surface area contributed by atoms with E-state index in [-0.39, 0.29) is 57.9 Å². The van der Waals surface area contributed by atoms with Crippen LogP contribution in [0, 0.1) is 33.8 Å². The minimum atomic E-state index is -2.53. The van der Waals surface area contributed by atoms with Crippen molar-refractivity contribution < 1.29 is 27.4 Å². The summed E-state index contributed by atoms with van der Waals surface area (Å²) in [6.07, 6.45) is 5.24. The zero-order valence-electron chi connectivity index (χ0n) is 28.5. The van der Waals surface area contributed by atoms with Crippen molar-refractivity contribution in [2.24, 2.45) is 10.8 Å². The fourth-order valence-electron chi connectivity index (χ4n) is 9.14. The molecule has 51 heavy (non-hydrogen) atoms. The Morgan fingerprint density at radius 1 is 1.04 bits per heavy atom. The van der Waals surface area contributed by atoms with E-state index in [1.54, 1.807) is 19.1 Å². The molecule has 9 rings (SSSR count). The van der Waals surface area contributed by atoms with E-state index >= 15 is 8.78 Å². The van der Waals surface area contributed by atoms with E-state index < -0.39 is 23.0 Å². The van der Waals surface area contributed by atoms with Crippen LogP contribution in [0.2, 0.25) is 0 Å². The number of aryl methyl sites for hydroxylation is 1. The SMILES string of the molecule is CCc1c(F)ccc2cc(O)cc(-c3c(C#N)cc4c(N5CC6CCC(C5)N6)nc(OCC5(CN6CCC7(CC6)CC7(F)F)CC5)nc4c3F)c12. The molecule has 2 bridgehead atoms. The van der Waals surface area contributed by atoms with Crippen molar-refractivity contribution in [2.75, 3.05) is 44.2 Å². The number of rotatable bonds is 8. The fraction of sp³-hybridized carbons (Fsp3) is 0.513. The maximum absolute atomic E-state index is 17.2. The minimum absolute atomic E-state index is 0.00471. The van der Waals surface area contributed by atoms with Gasteiger partial charge in [-0.05, 0) is 104 Å². The van der Waals surface area contributed by atoms with E-state index in [0.717, 1.165) is 32.2 Å². The third-order valence-corrected chi connectivity index (χ3v) is 12.4. The number of benzene rings is 3. The number of ether oxygens (including phenoxy) is 1. The molecule has 0 radical (unpaired) electrons. The molecule has 266 valence electrons. The van der Waals surface area contributed by atoms with E-state index in [1.165, 1.54) is 18.2 Å². The molecule has 2 atom stereocenters. The van der Waals surface area contributed by atoms with Crippen molar-refractivity contribution >= 4 is 27.5 Å². The second kappa shape index (κ2) is 11.7. The van der Waals surface area contributed by atoms with Gasteiger partial charge in [-0.2, -0.15) is 15.2 Å². The number of halogens is 4. The summed E-state index contributed by atoms with van der Waals surface area (Å²) in [5.41, 5.74) is -0.440. The van der Waals surface area contributed by atoms with Crippen LogP contribution >= 0.6 is 0 Å². The molecule has 4 aromatic rings. The molecule has 5 aliphatic rings. The van der Waals surface area contributed by atoms with Crippen molar-refractivity contribution in [2.45, 2.75) is 76.3 Å². The Balaban J connectivity index is 1.11. The first-order chi connectivity index (χ1) is 24.5. The van der Waals surface area contributed by atoms with Gasteiger partial charge in [0.15, 0.2) is 5.82 Å². The number of alkyl halides is 2. The topological polar surface area (TPSA) is 97.5 Å². The molecule has 5 fully saturated rings. The molecule has 1 spiro atoms. The monoisotopic (exact) mass is 700 g/mol. The van der Waals surface area contributed by atoms with Gasteiger partial charge in [-0.25, -0.2) is 17.6 Å². The van der Waals surface area contributed by atoms with E-state index in [4.69, 9.17) is 9.72 Å². The molecule has 2 aliphatic carbocycles. The zero-order valence-corrected chi connectivity index (χ0v) is 28.5. The number of piperidine rings is 1. The standard InChI is InChI=1S/C39H40F4N6O2/c1-2-27-30(40)6-3-22-13-26(50)15-28(31(22)27)32-23(16-44)14-29-34(33(32)41)46-36(47-35(29)49-17-24-4-5-25(18-49)45-24)51-21-37(7-8-37)20-48-11-9-38(10-12-48)19-39(38,42)43/h3,6,13-15,24-25,45,50H,2,4-5,7-12,17-21H2,1H3. The average molecular weight is 701 g/mol. The quantitative estimate of drug-likeness (QED) is 0.188. The van der Waals surface area contributed by atoms with Crippen molar-refractivity contribution in [3.63, 3.8) is 0 Å². The number of piperazine rings is 1. The molecule has 3 aromatic carbocycles. The average Bonchev–Trinajstić information content (AvgIpc) is 3.96. The zero-order chi connectivity index (χ0) is 35.3. The molecule has 3 aliphatic heterocycles. The summed E-state index contributed by atoms with van der Waals surface area (Å²) in [6, 6.07) is 10.1. The van der Waals surface area contributed by atoms with Crippen LogP contribution in [0.4, 0.5) is 23.4 Å². The van der Waals surface area contributed by atoms with Crippen LogP contribution in [-0.4, -0.2) is 77.3 Å². The van der Waals surface area contributed by atoms with Gasteiger partial charge in [0.2, 0.25) is 0 Å². The van der Waals surface area contributed by atoms with Crippen molar-refractivity contribution in [3.05, 3.63) is 53.1 Å². The number of aromatic hydroxyl groups is 1. The lowest BCUT2D eigenvalue weighted by Gasteiger charge is -2.35. The maximum Gasteiger partial charge on any atom is 0.319 e. The van der Waals surface area contributed by atoms with Gasteiger partial charge in [-0.3, -0.25) is 0 Å². The molecule has 2 saturated carbocycles. The highest BCUT2D eigenvalue weighted by atomic mass is 19.3. The van der Waals surface area contributed by atoms with Crippen LogP contribution in [0.5, 0.6) is 11.8 Å². The number of fused-ring (bicyclic) bond motifs is 4. The van der Waals surface area contributed by atoms with Crippen LogP contribution < -0.4 is 15.0 Å². The molecule has 12 heteroatoms. The van der Waals surface area contributed by atoms with Crippen molar-refractivity contribution in [1.82, 2.24) is 20.2 Å². The Morgan fingerprint density at radius 3 is 2.41 bits per heavy atom. The summed E-state index contributed by atoms with van der Waals surface area (Å²) >= 11 is 0. The van der Waals surface area contributed by atoms with Crippen LogP contribution in [0.1, 0.15) is 63.0 Å². The number of phenolic OH excluding ortho intramolecular Hbond substituents is 1. The summed E-state index contributed by atoms with van der Waals surface area (Å²) in [7, 11) is 0. The Kier molecular flexibility index (Phi) is 7.47. The van der Waals surface area contributed by atoms with Gasteiger partial charge in [0.1, 0.15) is 22.9 Å². The lowest BCUT2D eigenvalue weighted by Crippen LogP contribution is -2.51. The summed E-state index contributed by atoms with van der Waals surface area (Å²) in [6.45, 7) is 5.45. The Hall–Kier alpha value is -4.21. The highest BCUT2D eigenvalue weighted by Crippen LogP contribution is 2.66. The molecule has 8 nitrogen and oxygen atoms in total. The number of phenols is 1. The first-order valence-corrected chi connectivity index (χ1v) is 18.1. The predicted octanol–water partition coefficient (Wildman–Crippen LogP) is 7.09. The Morgan fingerprint density at radius 2 is 1.76 bits per heavy atom. The van der Waals surface area contributed by atoms with Gasteiger partial charge in [0.05, 0.1) is 18.2 Å². The number of hydrogen-bond donors (Lipinski definition) is 2. The highest BCUT2D eigenvalue weighted by molar-refractivity contribution is 6.04. The second-order valence-electron chi connectivity index (χ2n) is 15.7. The van der Waals surface area contributed by atoms with Gasteiger partial charge in [-0.1, -0.05) is 13.0 Å². The van der Waals surface area contributed by atoms with Crippen LogP contribution in [0.15, 0.2) is 30.3 Å². The second-order valence-corrected chi connectivity index (χ2v) is 15.7. The lowest BCUT2D eigenvalue weighted by molar-refractivity contribution is 0.0252. The van der Waals surface area contributed by atoms with E-state index in [2.05, 4.69) is 26.2 Å². The summed E-state index contributed by atoms with van der Waals surface area (Å²) in [4.78, 5) is 13.9. The summed E-state index contributed by atoms with van der Waals surface area (Å²) in [5, 5.41) is 26.1. The van der Waals surface area contributed by atoms with Crippen molar-refractivity contribution in [3.8, 4) is 29.0 Å². The van der Waals surface area contributed by atoms with Gasteiger partial charge in [-0.15, -0.1) is 0 Å².